The van der Waals surface area contributed by atoms with Crippen LogP contribution in [0.2, 0.25) is 0 Å². The SMILES string of the molecule is CCCn1nc([C@@H](C)C(=O)O)c2ccccc2c1=O. The van der Waals surface area contributed by atoms with Crippen LogP contribution in [0.5, 0.6) is 0 Å². The van der Waals surface area contributed by atoms with Crippen LogP contribution >= 0.6 is 0 Å². The molecular weight excluding hydrogens is 244 g/mol. The Labute approximate surface area is 110 Å². The fourth-order valence-electron chi connectivity index (χ4n) is 2.06. The molecule has 0 fully saturated rings. The molecule has 2 rings (SSSR count). The van der Waals surface area contributed by atoms with Crippen LogP contribution in [0.15, 0.2) is 29.1 Å². The van der Waals surface area contributed by atoms with Gasteiger partial charge in [0.05, 0.1) is 17.0 Å². The van der Waals surface area contributed by atoms with Crippen LogP contribution in [0, 0.1) is 0 Å². The topological polar surface area (TPSA) is 72.2 Å². The molecule has 0 aliphatic heterocycles. The van der Waals surface area contributed by atoms with Crippen molar-refractivity contribution in [3.63, 3.8) is 0 Å². The Kier molecular flexibility index (Phi) is 3.64. The van der Waals surface area contributed by atoms with Gasteiger partial charge in [0.25, 0.3) is 5.56 Å². The summed E-state index contributed by atoms with van der Waals surface area (Å²) < 4.78 is 1.36. The predicted octanol–water partition coefficient (Wildman–Crippen LogP) is 1.99. The monoisotopic (exact) mass is 260 g/mol. The highest BCUT2D eigenvalue weighted by Gasteiger charge is 2.20. The Balaban J connectivity index is 2.78. The first-order valence-corrected chi connectivity index (χ1v) is 6.28. The van der Waals surface area contributed by atoms with Crippen LogP contribution in [0.3, 0.4) is 0 Å². The fraction of sp³-hybridized carbons (Fsp3) is 0.357. The van der Waals surface area contributed by atoms with Crippen molar-refractivity contribution in [2.24, 2.45) is 0 Å². The zero-order valence-electron chi connectivity index (χ0n) is 11.0. The minimum absolute atomic E-state index is 0.168. The summed E-state index contributed by atoms with van der Waals surface area (Å²) in [5.41, 5.74) is 0.273. The van der Waals surface area contributed by atoms with E-state index in [0.717, 1.165) is 6.42 Å². The normalized spacial score (nSPS) is 12.5. The number of aliphatic carboxylic acids is 1. The van der Waals surface area contributed by atoms with Crippen LogP contribution in [0.4, 0.5) is 0 Å². The van der Waals surface area contributed by atoms with Crippen molar-refractivity contribution in [3.05, 3.63) is 40.3 Å². The number of nitrogens with zero attached hydrogens (tertiary/aromatic N) is 2. The van der Waals surface area contributed by atoms with Crippen molar-refractivity contribution in [3.8, 4) is 0 Å². The standard InChI is InChI=1S/C14H16N2O3/c1-3-8-16-13(17)11-7-5-4-6-10(11)12(15-16)9(2)14(18)19/h4-7,9H,3,8H2,1-2H3,(H,18,19)/t9-/m1/s1. The lowest BCUT2D eigenvalue weighted by Gasteiger charge is -2.12. The van der Waals surface area contributed by atoms with Crippen molar-refractivity contribution in [1.82, 2.24) is 9.78 Å². The van der Waals surface area contributed by atoms with Crippen molar-refractivity contribution in [2.75, 3.05) is 0 Å². The molecule has 0 spiro atoms. The summed E-state index contributed by atoms with van der Waals surface area (Å²) in [4.78, 5) is 23.4. The van der Waals surface area contributed by atoms with E-state index in [4.69, 9.17) is 5.11 Å². The molecule has 0 aliphatic rings. The highest BCUT2D eigenvalue weighted by atomic mass is 16.4. The number of aromatic nitrogens is 2. The van der Waals surface area contributed by atoms with Crippen molar-refractivity contribution < 1.29 is 9.90 Å². The first-order valence-electron chi connectivity index (χ1n) is 6.28. The van der Waals surface area contributed by atoms with E-state index in [1.807, 2.05) is 6.92 Å². The molecule has 0 saturated heterocycles. The van der Waals surface area contributed by atoms with Gasteiger partial charge in [-0.25, -0.2) is 4.68 Å². The number of fused-ring (bicyclic) bond motifs is 1. The quantitative estimate of drug-likeness (QED) is 0.912. The van der Waals surface area contributed by atoms with E-state index in [0.29, 0.717) is 23.0 Å². The smallest absolute Gasteiger partial charge is 0.312 e. The van der Waals surface area contributed by atoms with Gasteiger partial charge < -0.3 is 5.11 Å². The van der Waals surface area contributed by atoms with E-state index in [1.165, 1.54) is 4.68 Å². The van der Waals surface area contributed by atoms with E-state index in [2.05, 4.69) is 5.10 Å². The van der Waals surface area contributed by atoms with E-state index in [1.54, 1.807) is 31.2 Å². The lowest BCUT2D eigenvalue weighted by Crippen LogP contribution is -2.26. The van der Waals surface area contributed by atoms with E-state index >= 15 is 0 Å². The third kappa shape index (κ3) is 2.36. The van der Waals surface area contributed by atoms with Crippen LogP contribution in [-0.4, -0.2) is 20.9 Å². The number of carboxylic acids is 1. The third-order valence-corrected chi connectivity index (χ3v) is 3.11. The number of benzene rings is 1. The number of carbonyl (C=O) groups is 1. The van der Waals surface area contributed by atoms with Crippen molar-refractivity contribution >= 4 is 16.7 Å². The molecule has 1 aromatic carbocycles. The molecule has 1 atom stereocenters. The molecular formula is C14H16N2O3. The van der Waals surface area contributed by atoms with Gasteiger partial charge in [0.2, 0.25) is 0 Å². The second-order valence-corrected chi connectivity index (χ2v) is 4.52. The van der Waals surface area contributed by atoms with Gasteiger partial charge in [-0.1, -0.05) is 25.1 Å². The summed E-state index contributed by atoms with van der Waals surface area (Å²) in [6.07, 6.45) is 0.770. The molecule has 19 heavy (non-hydrogen) atoms. The number of carboxylic acid groups (broad SMARTS) is 1. The van der Waals surface area contributed by atoms with Gasteiger partial charge in [0.1, 0.15) is 0 Å². The average Bonchev–Trinajstić information content (AvgIpc) is 2.41. The van der Waals surface area contributed by atoms with Crippen molar-refractivity contribution in [1.29, 1.82) is 0 Å². The minimum Gasteiger partial charge on any atom is -0.481 e. The van der Waals surface area contributed by atoms with Crippen LogP contribution in [0.25, 0.3) is 10.8 Å². The molecule has 0 saturated carbocycles. The maximum atomic E-state index is 12.2. The lowest BCUT2D eigenvalue weighted by molar-refractivity contribution is -0.138. The first kappa shape index (κ1) is 13.3. The molecule has 1 heterocycles. The Hall–Kier alpha value is -2.17. The zero-order chi connectivity index (χ0) is 14.0. The highest BCUT2D eigenvalue weighted by Crippen LogP contribution is 2.21. The lowest BCUT2D eigenvalue weighted by atomic mass is 10.0. The van der Waals surface area contributed by atoms with Gasteiger partial charge in [-0.3, -0.25) is 9.59 Å². The summed E-state index contributed by atoms with van der Waals surface area (Å²) in [5.74, 6) is -1.69. The summed E-state index contributed by atoms with van der Waals surface area (Å²) in [7, 11) is 0. The zero-order valence-corrected chi connectivity index (χ0v) is 11.0. The number of aryl methyl sites for hydroxylation is 1. The molecule has 0 aliphatic carbocycles. The molecule has 1 N–H and O–H groups in total. The summed E-state index contributed by atoms with van der Waals surface area (Å²) in [6, 6.07) is 7.01. The molecule has 0 amide bonds. The summed E-state index contributed by atoms with van der Waals surface area (Å²) in [5, 5.41) is 14.5. The second kappa shape index (κ2) is 5.22. The highest BCUT2D eigenvalue weighted by molar-refractivity contribution is 5.88. The molecule has 5 heteroatoms. The molecule has 5 nitrogen and oxygen atoms in total. The fourth-order valence-corrected chi connectivity index (χ4v) is 2.06. The molecule has 0 radical (unpaired) electrons. The molecule has 100 valence electrons. The van der Waals surface area contributed by atoms with Gasteiger partial charge in [-0.05, 0) is 19.4 Å². The van der Waals surface area contributed by atoms with E-state index in [-0.39, 0.29) is 5.56 Å². The van der Waals surface area contributed by atoms with Crippen molar-refractivity contribution in [2.45, 2.75) is 32.7 Å². The Morgan fingerprint density at radius 3 is 2.58 bits per heavy atom. The van der Waals surface area contributed by atoms with E-state index in [9.17, 15) is 9.59 Å². The first-order chi connectivity index (χ1) is 9.06. The van der Waals surface area contributed by atoms with Crippen LogP contribution < -0.4 is 5.56 Å². The molecule has 0 unspecified atom stereocenters. The number of hydrogen-bond donors (Lipinski definition) is 1. The number of rotatable bonds is 4. The third-order valence-electron chi connectivity index (χ3n) is 3.11. The van der Waals surface area contributed by atoms with Gasteiger partial charge in [0.15, 0.2) is 0 Å². The molecule has 2 aromatic rings. The second-order valence-electron chi connectivity index (χ2n) is 4.52. The van der Waals surface area contributed by atoms with Gasteiger partial charge >= 0.3 is 5.97 Å². The predicted molar refractivity (Wildman–Crippen MR) is 72.3 cm³/mol. The Morgan fingerprint density at radius 2 is 2.00 bits per heavy atom. The van der Waals surface area contributed by atoms with Crippen LogP contribution in [0.1, 0.15) is 31.9 Å². The largest absolute Gasteiger partial charge is 0.481 e. The van der Waals surface area contributed by atoms with Gasteiger partial charge in [0, 0.05) is 11.9 Å². The molecule has 1 aromatic heterocycles. The number of hydrogen-bond acceptors (Lipinski definition) is 3. The maximum absolute atomic E-state index is 12.2. The Bertz CT molecular complexity index is 676. The van der Waals surface area contributed by atoms with Crippen LogP contribution in [-0.2, 0) is 11.3 Å². The average molecular weight is 260 g/mol. The maximum Gasteiger partial charge on any atom is 0.312 e. The van der Waals surface area contributed by atoms with Gasteiger partial charge in [-0.2, -0.15) is 5.10 Å². The summed E-state index contributed by atoms with van der Waals surface area (Å²) in [6.45, 7) is 4.02. The van der Waals surface area contributed by atoms with Gasteiger partial charge in [-0.15, -0.1) is 0 Å². The van der Waals surface area contributed by atoms with E-state index < -0.39 is 11.9 Å². The minimum atomic E-state index is -0.945. The Morgan fingerprint density at radius 1 is 1.37 bits per heavy atom. The molecule has 0 bridgehead atoms. The summed E-state index contributed by atoms with van der Waals surface area (Å²) >= 11 is 0.